The molecule has 0 saturated heterocycles. The lowest BCUT2D eigenvalue weighted by Gasteiger charge is -2.21. The number of hydrogen-bond donors (Lipinski definition) is 0. The van der Waals surface area contributed by atoms with E-state index in [1.807, 2.05) is 24.4 Å². The maximum absolute atomic E-state index is 5.51. The molecule has 2 aromatic heterocycles. The van der Waals surface area contributed by atoms with E-state index in [4.69, 9.17) is 14.7 Å². The summed E-state index contributed by atoms with van der Waals surface area (Å²) in [4.78, 5) is 13.8. The Kier molecular flexibility index (Phi) is 4.47. The number of aromatic nitrogens is 3. The van der Waals surface area contributed by atoms with Gasteiger partial charge in [-0.1, -0.05) is 39.0 Å². The predicted molar refractivity (Wildman–Crippen MR) is 96.4 cm³/mol. The first kappa shape index (κ1) is 16.4. The molecule has 0 bridgehead atoms. The van der Waals surface area contributed by atoms with Gasteiger partial charge in [0, 0.05) is 29.6 Å². The topological polar surface area (TPSA) is 47.9 Å². The molecule has 124 valence electrons. The summed E-state index contributed by atoms with van der Waals surface area (Å²) < 4.78 is 5.51. The summed E-state index contributed by atoms with van der Waals surface area (Å²) in [6.45, 7) is 6.54. The highest BCUT2D eigenvalue weighted by Crippen LogP contribution is 2.32. The molecule has 0 N–H and O–H groups in total. The molecule has 0 amide bonds. The van der Waals surface area contributed by atoms with E-state index >= 15 is 0 Å². The minimum Gasteiger partial charge on any atom is -0.494 e. The monoisotopic (exact) mass is 321 g/mol. The average molecular weight is 321 g/mol. The number of ether oxygens (including phenoxy) is 1. The molecule has 4 heteroatoms. The number of fused-ring (bicyclic) bond motifs is 1. The first-order valence-electron chi connectivity index (χ1n) is 8.22. The Bertz CT molecular complexity index is 839. The summed E-state index contributed by atoms with van der Waals surface area (Å²) in [6, 6.07) is 10.1. The van der Waals surface area contributed by atoms with Crippen molar-refractivity contribution < 1.29 is 4.74 Å². The third-order valence-corrected chi connectivity index (χ3v) is 4.03. The Morgan fingerprint density at radius 3 is 2.50 bits per heavy atom. The summed E-state index contributed by atoms with van der Waals surface area (Å²) in [5, 5.41) is 1.06. The SMILES string of the molecule is COc1cccc2c(C(C)(C)C)nc(CCc3cccnc3)nc12. The molecular weight excluding hydrogens is 298 g/mol. The number of pyridine rings is 1. The second-order valence-corrected chi connectivity index (χ2v) is 6.96. The van der Waals surface area contributed by atoms with E-state index in [9.17, 15) is 0 Å². The van der Waals surface area contributed by atoms with Crippen LogP contribution < -0.4 is 4.74 Å². The fourth-order valence-corrected chi connectivity index (χ4v) is 2.82. The van der Waals surface area contributed by atoms with Crippen molar-refractivity contribution in [3.63, 3.8) is 0 Å². The van der Waals surface area contributed by atoms with Crippen LogP contribution in [0.4, 0.5) is 0 Å². The number of aryl methyl sites for hydroxylation is 2. The molecule has 0 atom stereocenters. The Balaban J connectivity index is 2.05. The van der Waals surface area contributed by atoms with Gasteiger partial charge in [-0.25, -0.2) is 9.97 Å². The van der Waals surface area contributed by atoms with Crippen molar-refractivity contribution in [2.75, 3.05) is 7.11 Å². The van der Waals surface area contributed by atoms with E-state index in [0.29, 0.717) is 0 Å². The lowest BCUT2D eigenvalue weighted by molar-refractivity contribution is 0.418. The van der Waals surface area contributed by atoms with Crippen molar-refractivity contribution >= 4 is 10.9 Å². The normalized spacial score (nSPS) is 11.7. The summed E-state index contributed by atoms with van der Waals surface area (Å²) in [5.41, 5.74) is 3.09. The van der Waals surface area contributed by atoms with Gasteiger partial charge in [0.25, 0.3) is 0 Å². The van der Waals surface area contributed by atoms with E-state index < -0.39 is 0 Å². The minimum absolute atomic E-state index is 0.0589. The van der Waals surface area contributed by atoms with E-state index in [1.165, 1.54) is 5.56 Å². The Morgan fingerprint density at radius 1 is 1.00 bits per heavy atom. The predicted octanol–water partition coefficient (Wildman–Crippen LogP) is 4.12. The van der Waals surface area contributed by atoms with Gasteiger partial charge in [-0.15, -0.1) is 0 Å². The molecule has 2 heterocycles. The molecule has 3 rings (SSSR count). The highest BCUT2D eigenvalue weighted by Gasteiger charge is 2.21. The van der Waals surface area contributed by atoms with Gasteiger partial charge in [-0.3, -0.25) is 4.98 Å². The molecule has 0 saturated carbocycles. The van der Waals surface area contributed by atoms with E-state index in [2.05, 4.69) is 37.9 Å². The van der Waals surface area contributed by atoms with Crippen LogP contribution >= 0.6 is 0 Å². The Hall–Kier alpha value is -2.49. The van der Waals surface area contributed by atoms with Crippen LogP contribution in [-0.2, 0) is 18.3 Å². The second-order valence-electron chi connectivity index (χ2n) is 6.96. The number of methoxy groups -OCH3 is 1. The molecular formula is C20H23N3O. The number of para-hydroxylation sites is 1. The molecule has 1 aromatic carbocycles. The lowest BCUT2D eigenvalue weighted by atomic mass is 9.89. The number of hydrogen-bond acceptors (Lipinski definition) is 4. The van der Waals surface area contributed by atoms with Gasteiger partial charge in [0.05, 0.1) is 12.8 Å². The third-order valence-electron chi connectivity index (χ3n) is 4.03. The minimum atomic E-state index is -0.0589. The Labute approximate surface area is 142 Å². The molecule has 4 nitrogen and oxygen atoms in total. The van der Waals surface area contributed by atoms with Crippen LogP contribution in [0.2, 0.25) is 0 Å². The van der Waals surface area contributed by atoms with Gasteiger partial charge < -0.3 is 4.74 Å². The van der Waals surface area contributed by atoms with Crippen LogP contribution in [0.1, 0.15) is 37.9 Å². The van der Waals surface area contributed by atoms with Crippen LogP contribution in [0.25, 0.3) is 10.9 Å². The van der Waals surface area contributed by atoms with Gasteiger partial charge in [0.2, 0.25) is 0 Å². The fourth-order valence-electron chi connectivity index (χ4n) is 2.82. The third kappa shape index (κ3) is 3.37. The molecule has 0 aliphatic carbocycles. The fraction of sp³-hybridized carbons (Fsp3) is 0.350. The van der Waals surface area contributed by atoms with Crippen molar-refractivity contribution in [2.45, 2.75) is 39.0 Å². The number of benzene rings is 1. The maximum atomic E-state index is 5.51. The van der Waals surface area contributed by atoms with Crippen molar-refractivity contribution in [1.29, 1.82) is 0 Å². The lowest BCUT2D eigenvalue weighted by Crippen LogP contribution is -2.17. The first-order valence-corrected chi connectivity index (χ1v) is 8.22. The van der Waals surface area contributed by atoms with Gasteiger partial charge >= 0.3 is 0 Å². The van der Waals surface area contributed by atoms with Crippen LogP contribution in [0.5, 0.6) is 5.75 Å². The van der Waals surface area contributed by atoms with Crippen LogP contribution in [0.15, 0.2) is 42.7 Å². The molecule has 0 spiro atoms. The van der Waals surface area contributed by atoms with Crippen molar-refractivity contribution in [3.8, 4) is 5.75 Å². The summed E-state index contributed by atoms with van der Waals surface area (Å²) in [6.07, 6.45) is 5.34. The summed E-state index contributed by atoms with van der Waals surface area (Å²) >= 11 is 0. The highest BCUT2D eigenvalue weighted by atomic mass is 16.5. The molecule has 0 aliphatic rings. The van der Waals surface area contributed by atoms with E-state index in [0.717, 1.165) is 41.0 Å². The maximum Gasteiger partial charge on any atom is 0.145 e. The molecule has 3 aromatic rings. The molecule has 0 aliphatic heterocycles. The number of rotatable bonds is 4. The van der Waals surface area contributed by atoms with Crippen LogP contribution in [0.3, 0.4) is 0 Å². The number of nitrogens with zero attached hydrogens (tertiary/aromatic N) is 3. The van der Waals surface area contributed by atoms with Crippen LogP contribution in [0, 0.1) is 0 Å². The van der Waals surface area contributed by atoms with Gasteiger partial charge in [0.1, 0.15) is 17.1 Å². The van der Waals surface area contributed by atoms with Gasteiger partial charge in [-0.2, -0.15) is 0 Å². The van der Waals surface area contributed by atoms with Gasteiger partial charge in [0.15, 0.2) is 0 Å². The highest BCUT2D eigenvalue weighted by molar-refractivity contribution is 5.87. The largest absolute Gasteiger partial charge is 0.494 e. The quantitative estimate of drug-likeness (QED) is 0.725. The summed E-state index contributed by atoms with van der Waals surface area (Å²) in [7, 11) is 1.68. The molecule has 0 unspecified atom stereocenters. The smallest absolute Gasteiger partial charge is 0.145 e. The molecule has 0 fully saturated rings. The van der Waals surface area contributed by atoms with Crippen LogP contribution in [-0.4, -0.2) is 22.1 Å². The zero-order chi connectivity index (χ0) is 17.2. The van der Waals surface area contributed by atoms with E-state index in [-0.39, 0.29) is 5.41 Å². The second kappa shape index (κ2) is 6.56. The Morgan fingerprint density at radius 2 is 1.83 bits per heavy atom. The zero-order valence-electron chi connectivity index (χ0n) is 14.7. The molecule has 0 radical (unpaired) electrons. The van der Waals surface area contributed by atoms with Gasteiger partial charge in [-0.05, 0) is 24.1 Å². The summed E-state index contributed by atoms with van der Waals surface area (Å²) in [5.74, 6) is 1.64. The first-order chi connectivity index (χ1) is 11.5. The van der Waals surface area contributed by atoms with Crippen molar-refractivity contribution in [1.82, 2.24) is 15.0 Å². The molecule has 24 heavy (non-hydrogen) atoms. The zero-order valence-corrected chi connectivity index (χ0v) is 14.7. The van der Waals surface area contributed by atoms with Crippen molar-refractivity contribution in [3.05, 3.63) is 59.8 Å². The van der Waals surface area contributed by atoms with Crippen molar-refractivity contribution in [2.24, 2.45) is 0 Å². The standard InChI is InChI=1S/C20H23N3O/c1-20(2,3)19-15-8-5-9-16(24-4)18(15)22-17(23-19)11-10-14-7-6-12-21-13-14/h5-9,12-13H,10-11H2,1-4H3. The average Bonchev–Trinajstić information content (AvgIpc) is 2.58. The van der Waals surface area contributed by atoms with E-state index in [1.54, 1.807) is 13.3 Å².